The van der Waals surface area contributed by atoms with Crippen LogP contribution in [0.2, 0.25) is 0 Å². The van der Waals surface area contributed by atoms with E-state index in [0.717, 1.165) is 38.5 Å². The molecule has 0 bridgehead atoms. The number of Topliss-reactive ketones (excluding diaryl/α,β-unsaturated/α-hetero) is 1. The molecule has 4 aliphatic carbocycles. The fourth-order valence-corrected chi connectivity index (χ4v) is 8.16. The lowest BCUT2D eigenvalue weighted by atomic mass is 9.48. The maximum Gasteiger partial charge on any atom is 0.158 e. The summed E-state index contributed by atoms with van der Waals surface area (Å²) in [4.78, 5) is 13.2. The number of rotatable bonds is 3. The minimum absolute atomic E-state index is 0.00604. The Morgan fingerprint density at radius 2 is 1.93 bits per heavy atom. The Bertz CT molecular complexity index is 841. The van der Waals surface area contributed by atoms with Crippen molar-refractivity contribution in [2.75, 3.05) is 0 Å². The first-order chi connectivity index (χ1) is 14.1. The Balaban J connectivity index is 1.35. The molecule has 6 nitrogen and oxygen atoms in total. The molecule has 0 spiro atoms. The number of carbonyl (C=O) groups is 1. The minimum atomic E-state index is -1.13. The van der Waals surface area contributed by atoms with E-state index in [2.05, 4.69) is 22.4 Å². The van der Waals surface area contributed by atoms with E-state index in [-0.39, 0.29) is 35.5 Å². The van der Waals surface area contributed by atoms with E-state index in [1.54, 1.807) is 4.68 Å². The number of tetrazole rings is 1. The quantitative estimate of drug-likeness (QED) is 0.810. The molecule has 4 fully saturated rings. The summed E-state index contributed by atoms with van der Waals surface area (Å²) in [6, 6.07) is 0. The third-order valence-electron chi connectivity index (χ3n) is 9.72. The number of aromatic nitrogens is 4. The highest BCUT2D eigenvalue weighted by Gasteiger charge is 2.63. The van der Waals surface area contributed by atoms with Crippen molar-refractivity contribution in [1.29, 1.82) is 0 Å². The van der Waals surface area contributed by atoms with Gasteiger partial charge in [-0.2, -0.15) is 0 Å². The highest BCUT2D eigenvalue weighted by atomic mass is 19.1. The van der Waals surface area contributed by atoms with Gasteiger partial charge in [-0.1, -0.05) is 6.92 Å². The summed E-state index contributed by atoms with van der Waals surface area (Å²) in [6.07, 6.45) is 7.32. The van der Waals surface area contributed by atoms with Gasteiger partial charge in [0.25, 0.3) is 0 Å². The molecule has 1 aromatic rings. The summed E-state index contributed by atoms with van der Waals surface area (Å²) in [7, 11) is 0. The molecule has 1 N–H and O–H groups in total. The lowest BCUT2D eigenvalue weighted by Gasteiger charge is -2.59. The van der Waals surface area contributed by atoms with Crippen LogP contribution >= 0.6 is 0 Å². The van der Waals surface area contributed by atoms with Crippen LogP contribution in [-0.2, 0) is 11.3 Å². The van der Waals surface area contributed by atoms with E-state index in [9.17, 15) is 9.90 Å². The van der Waals surface area contributed by atoms with Gasteiger partial charge in [0.2, 0.25) is 0 Å². The number of aliphatic hydroxyl groups is 1. The molecule has 0 radical (unpaired) electrons. The van der Waals surface area contributed by atoms with Crippen LogP contribution in [0.15, 0.2) is 0 Å². The van der Waals surface area contributed by atoms with Gasteiger partial charge in [-0.15, -0.1) is 5.10 Å². The van der Waals surface area contributed by atoms with Crippen LogP contribution in [-0.4, -0.2) is 42.4 Å². The lowest BCUT2D eigenvalue weighted by molar-refractivity contribution is -0.166. The lowest BCUT2D eigenvalue weighted by Crippen LogP contribution is -2.58. The molecule has 166 valence electrons. The summed E-state index contributed by atoms with van der Waals surface area (Å²) < 4.78 is 18.0. The first kappa shape index (κ1) is 20.5. The van der Waals surface area contributed by atoms with Gasteiger partial charge in [0.05, 0.1) is 5.60 Å². The maximum absolute atomic E-state index is 16.4. The van der Waals surface area contributed by atoms with Crippen molar-refractivity contribution in [3.05, 3.63) is 5.82 Å². The summed E-state index contributed by atoms with van der Waals surface area (Å²) in [5, 5.41) is 22.0. The van der Waals surface area contributed by atoms with Gasteiger partial charge in [-0.05, 0) is 111 Å². The van der Waals surface area contributed by atoms with Crippen LogP contribution in [0.25, 0.3) is 0 Å². The molecule has 0 aliphatic heterocycles. The number of aryl methyl sites for hydroxylation is 1. The Morgan fingerprint density at radius 1 is 1.13 bits per heavy atom. The van der Waals surface area contributed by atoms with Crippen molar-refractivity contribution >= 4 is 5.78 Å². The second-order valence-corrected chi connectivity index (χ2v) is 11.3. The van der Waals surface area contributed by atoms with E-state index in [1.807, 2.05) is 13.8 Å². The molecule has 1 aromatic heterocycles. The van der Waals surface area contributed by atoms with Crippen LogP contribution in [0.4, 0.5) is 4.39 Å². The number of alkyl halides is 1. The molecule has 4 aliphatic rings. The van der Waals surface area contributed by atoms with Crippen LogP contribution in [0.5, 0.6) is 0 Å². The van der Waals surface area contributed by atoms with Crippen molar-refractivity contribution in [2.24, 2.45) is 35.0 Å². The zero-order chi connectivity index (χ0) is 21.3. The van der Waals surface area contributed by atoms with Crippen LogP contribution in [0, 0.1) is 41.9 Å². The van der Waals surface area contributed by atoms with Crippen LogP contribution < -0.4 is 0 Å². The molecule has 0 aromatic carbocycles. The predicted molar refractivity (Wildman–Crippen MR) is 109 cm³/mol. The van der Waals surface area contributed by atoms with E-state index >= 15 is 4.39 Å². The van der Waals surface area contributed by atoms with Crippen molar-refractivity contribution in [3.8, 4) is 0 Å². The predicted octanol–water partition coefficient (Wildman–Crippen LogP) is 3.66. The van der Waals surface area contributed by atoms with E-state index < -0.39 is 11.3 Å². The molecule has 7 heteroatoms. The summed E-state index contributed by atoms with van der Waals surface area (Å²) in [6.45, 7) is 6.22. The monoisotopic (exact) mass is 418 g/mol. The van der Waals surface area contributed by atoms with Crippen molar-refractivity contribution in [2.45, 2.75) is 96.4 Å². The number of nitrogens with zero attached hydrogens (tertiary/aromatic N) is 4. The van der Waals surface area contributed by atoms with Gasteiger partial charge in [-0.25, -0.2) is 9.07 Å². The zero-order valence-corrected chi connectivity index (χ0v) is 18.5. The Morgan fingerprint density at radius 3 is 2.67 bits per heavy atom. The average Bonchev–Trinajstić information content (AvgIpc) is 3.24. The summed E-state index contributed by atoms with van der Waals surface area (Å²) in [5.41, 5.74) is -1.88. The number of carbonyl (C=O) groups excluding carboxylic acids is 1. The van der Waals surface area contributed by atoms with E-state index in [4.69, 9.17) is 0 Å². The minimum Gasteiger partial charge on any atom is -0.390 e. The number of ketones is 1. The Labute approximate surface area is 178 Å². The molecular weight excluding hydrogens is 383 g/mol. The third-order valence-corrected chi connectivity index (χ3v) is 9.72. The molecular formula is C23H35FN4O2. The molecule has 5 rings (SSSR count). The van der Waals surface area contributed by atoms with Crippen LogP contribution in [0.1, 0.15) is 77.5 Å². The highest BCUT2D eigenvalue weighted by molar-refractivity contribution is 5.82. The highest BCUT2D eigenvalue weighted by Crippen LogP contribution is 2.66. The average molecular weight is 419 g/mol. The van der Waals surface area contributed by atoms with E-state index in [1.165, 1.54) is 0 Å². The summed E-state index contributed by atoms with van der Waals surface area (Å²) in [5.74, 6) is 1.81. The molecule has 0 amide bonds. The van der Waals surface area contributed by atoms with Gasteiger partial charge in [0.1, 0.15) is 18.0 Å². The SMILES string of the molecule is Cc1nnnn1CC(=O)[C@H]1CC[C@H]2[C@@H]3CC[C@@H]4C[C@](C)(O)CC[C@]4(F)[C@H]3CC[C@]12C. The van der Waals surface area contributed by atoms with Crippen molar-refractivity contribution < 1.29 is 14.3 Å². The second-order valence-electron chi connectivity index (χ2n) is 11.3. The number of hydrogen-bond acceptors (Lipinski definition) is 5. The first-order valence-corrected chi connectivity index (χ1v) is 11.8. The normalized spacial score (nSPS) is 48.0. The van der Waals surface area contributed by atoms with Crippen molar-refractivity contribution in [1.82, 2.24) is 20.2 Å². The fraction of sp³-hybridized carbons (Fsp3) is 0.913. The van der Waals surface area contributed by atoms with E-state index in [0.29, 0.717) is 36.9 Å². The Kier molecular flexibility index (Phi) is 4.66. The largest absolute Gasteiger partial charge is 0.390 e. The number of fused-ring (bicyclic) bond motifs is 5. The van der Waals surface area contributed by atoms with Crippen LogP contribution in [0.3, 0.4) is 0 Å². The standard InChI is InChI=1S/C23H35FN4O2/c1-14-25-26-27-28(14)13-20(29)19-7-6-17-16-5-4-15-12-21(2,30)10-11-23(15,24)18(16)8-9-22(17,19)3/h15-19,30H,4-13H2,1-3H3/t15-,16+,17+,18+,19-,21-,22+,23-/m1/s1. The van der Waals surface area contributed by atoms with Gasteiger partial charge in [0, 0.05) is 5.92 Å². The molecule has 0 saturated heterocycles. The summed E-state index contributed by atoms with van der Waals surface area (Å²) >= 11 is 0. The van der Waals surface area contributed by atoms with Crippen molar-refractivity contribution in [3.63, 3.8) is 0 Å². The van der Waals surface area contributed by atoms with Gasteiger partial charge in [-0.3, -0.25) is 4.79 Å². The van der Waals surface area contributed by atoms with Gasteiger partial charge in [0.15, 0.2) is 5.78 Å². The molecule has 0 unspecified atom stereocenters. The van der Waals surface area contributed by atoms with Gasteiger partial charge >= 0.3 is 0 Å². The maximum atomic E-state index is 16.4. The Hall–Kier alpha value is -1.37. The second kappa shape index (κ2) is 6.81. The molecule has 30 heavy (non-hydrogen) atoms. The first-order valence-electron chi connectivity index (χ1n) is 11.8. The third kappa shape index (κ3) is 2.98. The zero-order valence-electron chi connectivity index (χ0n) is 18.5. The fourth-order valence-electron chi connectivity index (χ4n) is 8.16. The molecule has 4 saturated carbocycles. The number of halogens is 1. The topological polar surface area (TPSA) is 80.9 Å². The number of hydrogen-bond donors (Lipinski definition) is 1. The smallest absolute Gasteiger partial charge is 0.158 e. The molecule has 1 heterocycles. The molecule has 8 atom stereocenters. The van der Waals surface area contributed by atoms with Gasteiger partial charge < -0.3 is 5.11 Å².